The van der Waals surface area contributed by atoms with Gasteiger partial charge in [-0.2, -0.15) is 0 Å². The largest absolute Gasteiger partial charge is 0.481 e. The highest BCUT2D eigenvalue weighted by Gasteiger charge is 2.33. The van der Waals surface area contributed by atoms with E-state index >= 15 is 0 Å². The second-order valence-corrected chi connectivity index (χ2v) is 7.56. The summed E-state index contributed by atoms with van der Waals surface area (Å²) in [4.78, 5) is 59.4. The highest BCUT2D eigenvalue weighted by atomic mass is 16.4. The quantitative estimate of drug-likeness (QED) is 0.144. The highest BCUT2D eigenvalue weighted by molar-refractivity contribution is 5.94. The predicted octanol–water partition coefficient (Wildman–Crippen LogP) is -2.86. The number of nitrogens with two attached hydrogens (primary N) is 1. The van der Waals surface area contributed by atoms with Gasteiger partial charge in [-0.1, -0.05) is 13.8 Å². The van der Waals surface area contributed by atoms with Crippen molar-refractivity contribution in [3.05, 3.63) is 0 Å². The van der Waals surface area contributed by atoms with Crippen molar-refractivity contribution >= 4 is 29.7 Å². The summed E-state index contributed by atoms with van der Waals surface area (Å²) in [5.74, 6) is -5.96. The number of aliphatic carboxylic acids is 2. The zero-order valence-corrected chi connectivity index (χ0v) is 17.9. The zero-order chi connectivity index (χ0) is 24.5. The summed E-state index contributed by atoms with van der Waals surface area (Å²) in [5, 5.41) is 44.0. The molecule has 0 spiro atoms. The van der Waals surface area contributed by atoms with E-state index in [0.717, 1.165) is 0 Å². The normalized spacial score (nSPS) is 16.9. The Kier molecular flexibility index (Phi) is 11.7. The second kappa shape index (κ2) is 12.8. The number of aliphatic hydroxyl groups excluding tert-OH is 2. The summed E-state index contributed by atoms with van der Waals surface area (Å²) in [6, 6.07) is -5.69. The molecule has 0 aliphatic carbocycles. The average molecular weight is 448 g/mol. The van der Waals surface area contributed by atoms with E-state index in [4.69, 9.17) is 10.8 Å². The molecule has 6 atom stereocenters. The summed E-state index contributed by atoms with van der Waals surface area (Å²) in [6.45, 7) is 5.54. The number of carbonyl (C=O) groups is 5. The Labute approximate surface area is 179 Å². The van der Waals surface area contributed by atoms with Gasteiger partial charge in [0.15, 0.2) is 0 Å². The van der Waals surface area contributed by atoms with Crippen molar-refractivity contribution in [3.8, 4) is 0 Å². The lowest BCUT2D eigenvalue weighted by molar-refractivity contribution is -0.144. The van der Waals surface area contributed by atoms with Gasteiger partial charge in [-0.3, -0.25) is 19.2 Å². The smallest absolute Gasteiger partial charge is 0.326 e. The number of hydrogen-bond acceptors (Lipinski definition) is 8. The first-order valence-corrected chi connectivity index (χ1v) is 9.66. The standard InChI is InChI=1S/C18H32N4O9/c1-7(2)13(18(30)31)21-15(27)10(5-6-11(25)26)20-17(29)14(9(4)24)22-16(28)12(19)8(3)23/h7-10,12-14,23-24H,5-6,19H2,1-4H3,(H,20,29)(H,21,27)(H,22,28)(H,25,26)(H,30,31). The lowest BCUT2D eigenvalue weighted by Gasteiger charge is -2.27. The molecule has 178 valence electrons. The second-order valence-electron chi connectivity index (χ2n) is 7.56. The van der Waals surface area contributed by atoms with Crippen LogP contribution in [0.25, 0.3) is 0 Å². The lowest BCUT2D eigenvalue weighted by atomic mass is 10.0. The predicted molar refractivity (Wildman–Crippen MR) is 106 cm³/mol. The van der Waals surface area contributed by atoms with Crippen LogP contribution >= 0.6 is 0 Å². The van der Waals surface area contributed by atoms with Crippen LogP contribution in [0.5, 0.6) is 0 Å². The van der Waals surface area contributed by atoms with Gasteiger partial charge < -0.3 is 42.1 Å². The summed E-state index contributed by atoms with van der Waals surface area (Å²) < 4.78 is 0. The van der Waals surface area contributed by atoms with Crippen LogP contribution in [0, 0.1) is 5.92 Å². The molecule has 6 unspecified atom stereocenters. The van der Waals surface area contributed by atoms with E-state index in [0.29, 0.717) is 0 Å². The zero-order valence-electron chi connectivity index (χ0n) is 17.9. The van der Waals surface area contributed by atoms with E-state index in [1.54, 1.807) is 13.8 Å². The molecule has 0 aromatic rings. The molecular weight excluding hydrogens is 416 g/mol. The first-order chi connectivity index (χ1) is 14.2. The molecule has 0 rings (SSSR count). The molecule has 0 aliphatic rings. The van der Waals surface area contributed by atoms with Crippen LogP contribution in [0.3, 0.4) is 0 Å². The Morgan fingerprint density at radius 2 is 1.29 bits per heavy atom. The van der Waals surface area contributed by atoms with Crippen molar-refractivity contribution < 1.29 is 44.4 Å². The summed E-state index contributed by atoms with van der Waals surface area (Å²) in [6.07, 6.45) is -3.56. The number of carboxylic acid groups (broad SMARTS) is 2. The fourth-order valence-electron chi connectivity index (χ4n) is 2.44. The molecule has 0 aromatic heterocycles. The Morgan fingerprint density at radius 3 is 1.68 bits per heavy atom. The number of aliphatic hydroxyl groups is 2. The van der Waals surface area contributed by atoms with E-state index in [1.807, 2.05) is 0 Å². The minimum absolute atomic E-state index is 0.370. The molecule has 0 saturated heterocycles. The molecule has 0 heterocycles. The third kappa shape index (κ3) is 9.72. The van der Waals surface area contributed by atoms with Crippen molar-refractivity contribution in [1.29, 1.82) is 0 Å². The Hall–Kier alpha value is -2.77. The Balaban J connectivity index is 5.51. The van der Waals surface area contributed by atoms with Crippen LogP contribution in [0.15, 0.2) is 0 Å². The lowest BCUT2D eigenvalue weighted by Crippen LogP contribution is -2.61. The molecular formula is C18H32N4O9. The van der Waals surface area contributed by atoms with E-state index in [-0.39, 0.29) is 6.42 Å². The Morgan fingerprint density at radius 1 is 0.774 bits per heavy atom. The van der Waals surface area contributed by atoms with Crippen molar-refractivity contribution in [2.75, 3.05) is 0 Å². The summed E-state index contributed by atoms with van der Waals surface area (Å²) in [7, 11) is 0. The average Bonchev–Trinajstić information content (AvgIpc) is 2.64. The molecule has 0 radical (unpaired) electrons. The van der Waals surface area contributed by atoms with Gasteiger partial charge in [0.1, 0.15) is 24.2 Å². The SMILES string of the molecule is CC(C)C(NC(=O)C(CCC(=O)O)NC(=O)C(NC(=O)C(N)C(C)O)C(C)O)C(=O)O. The molecule has 13 nitrogen and oxygen atoms in total. The van der Waals surface area contributed by atoms with Crippen molar-refractivity contribution in [3.63, 3.8) is 0 Å². The molecule has 0 aromatic carbocycles. The first kappa shape index (κ1) is 28.2. The maximum Gasteiger partial charge on any atom is 0.326 e. The van der Waals surface area contributed by atoms with Gasteiger partial charge in [-0.05, 0) is 26.2 Å². The molecule has 13 heteroatoms. The fraction of sp³-hybridized carbons (Fsp3) is 0.722. The van der Waals surface area contributed by atoms with Gasteiger partial charge in [0, 0.05) is 6.42 Å². The monoisotopic (exact) mass is 448 g/mol. The number of carbonyl (C=O) groups excluding carboxylic acids is 3. The van der Waals surface area contributed by atoms with Gasteiger partial charge in [-0.15, -0.1) is 0 Å². The number of amides is 3. The van der Waals surface area contributed by atoms with Crippen LogP contribution in [0.2, 0.25) is 0 Å². The Bertz CT molecular complexity index is 666. The molecule has 9 N–H and O–H groups in total. The van der Waals surface area contributed by atoms with Gasteiger partial charge in [-0.25, -0.2) is 4.79 Å². The molecule has 0 fully saturated rings. The number of nitrogens with one attached hydrogen (secondary N) is 3. The van der Waals surface area contributed by atoms with Crippen LogP contribution < -0.4 is 21.7 Å². The van der Waals surface area contributed by atoms with Crippen LogP contribution in [0.4, 0.5) is 0 Å². The van der Waals surface area contributed by atoms with Crippen molar-refractivity contribution in [1.82, 2.24) is 16.0 Å². The third-order valence-corrected chi connectivity index (χ3v) is 4.40. The van der Waals surface area contributed by atoms with E-state index in [1.165, 1.54) is 13.8 Å². The summed E-state index contributed by atoms with van der Waals surface area (Å²) >= 11 is 0. The van der Waals surface area contributed by atoms with E-state index < -0.39 is 78.4 Å². The van der Waals surface area contributed by atoms with Gasteiger partial charge in [0.2, 0.25) is 17.7 Å². The van der Waals surface area contributed by atoms with Crippen LogP contribution in [-0.2, 0) is 24.0 Å². The third-order valence-electron chi connectivity index (χ3n) is 4.40. The summed E-state index contributed by atoms with van der Waals surface area (Å²) in [5.41, 5.74) is 5.49. The van der Waals surface area contributed by atoms with Crippen LogP contribution in [-0.4, -0.2) is 86.5 Å². The molecule has 0 aliphatic heterocycles. The maximum atomic E-state index is 12.6. The number of carboxylic acids is 2. The molecule has 0 bridgehead atoms. The fourth-order valence-corrected chi connectivity index (χ4v) is 2.44. The van der Waals surface area contributed by atoms with Gasteiger partial charge >= 0.3 is 11.9 Å². The highest BCUT2D eigenvalue weighted by Crippen LogP contribution is 2.06. The number of rotatable bonds is 13. The van der Waals surface area contributed by atoms with E-state index in [2.05, 4.69) is 16.0 Å². The van der Waals surface area contributed by atoms with Gasteiger partial charge in [0.25, 0.3) is 0 Å². The van der Waals surface area contributed by atoms with Crippen molar-refractivity contribution in [2.24, 2.45) is 11.7 Å². The maximum absolute atomic E-state index is 12.6. The molecule has 31 heavy (non-hydrogen) atoms. The first-order valence-electron chi connectivity index (χ1n) is 9.66. The van der Waals surface area contributed by atoms with E-state index in [9.17, 15) is 39.3 Å². The van der Waals surface area contributed by atoms with Crippen LogP contribution in [0.1, 0.15) is 40.5 Å². The van der Waals surface area contributed by atoms with Gasteiger partial charge in [0.05, 0.1) is 12.2 Å². The topological polar surface area (TPSA) is 228 Å². The van der Waals surface area contributed by atoms with Crippen molar-refractivity contribution in [2.45, 2.75) is 76.9 Å². The molecule has 0 saturated carbocycles. The minimum atomic E-state index is -1.57. The minimum Gasteiger partial charge on any atom is -0.481 e. The molecule has 3 amide bonds. The number of hydrogen-bond donors (Lipinski definition) is 8.